The van der Waals surface area contributed by atoms with Gasteiger partial charge >= 0.3 is 6.92 Å². The molecule has 3 rings (SSSR count). The number of hydrogen-bond donors (Lipinski definition) is 0. The Labute approximate surface area is 98.3 Å². The van der Waals surface area contributed by atoms with Crippen molar-refractivity contribution >= 4 is 12.4 Å². The van der Waals surface area contributed by atoms with Crippen molar-refractivity contribution in [1.82, 2.24) is 0 Å². The van der Waals surface area contributed by atoms with Crippen LogP contribution in [0.2, 0.25) is 6.82 Å². The Balaban J connectivity index is 2.07. The van der Waals surface area contributed by atoms with Gasteiger partial charge in [0.05, 0.1) is 5.60 Å². The summed E-state index contributed by atoms with van der Waals surface area (Å²) in [6, 6.07) is 6.95. The van der Waals surface area contributed by atoms with Crippen molar-refractivity contribution in [1.29, 1.82) is 0 Å². The molecule has 1 heterocycles. The Hall–Kier alpha value is -0.755. The van der Waals surface area contributed by atoms with Crippen molar-refractivity contribution in [2.45, 2.75) is 51.5 Å². The van der Waals surface area contributed by atoms with Gasteiger partial charge in [-0.15, -0.1) is 0 Å². The fourth-order valence-corrected chi connectivity index (χ4v) is 3.04. The maximum atomic E-state index is 6.19. The maximum absolute atomic E-state index is 6.19. The molecular weight excluding hydrogens is 195 g/mol. The van der Waals surface area contributed by atoms with Crippen LogP contribution in [-0.4, -0.2) is 6.92 Å². The van der Waals surface area contributed by atoms with E-state index in [1.165, 1.54) is 35.9 Å². The fourth-order valence-electron chi connectivity index (χ4n) is 3.04. The van der Waals surface area contributed by atoms with Crippen molar-refractivity contribution in [3.05, 3.63) is 29.3 Å². The number of rotatable bonds is 1. The van der Waals surface area contributed by atoms with Crippen molar-refractivity contribution < 1.29 is 4.65 Å². The Bertz CT molecular complexity index is 421. The van der Waals surface area contributed by atoms with Gasteiger partial charge < -0.3 is 4.65 Å². The lowest BCUT2D eigenvalue weighted by Gasteiger charge is -2.39. The zero-order valence-electron chi connectivity index (χ0n) is 10.4. The van der Waals surface area contributed by atoms with Crippen LogP contribution in [0.15, 0.2) is 18.2 Å². The van der Waals surface area contributed by atoms with Gasteiger partial charge in [-0.3, -0.25) is 0 Å². The highest BCUT2D eigenvalue weighted by atomic mass is 16.5. The average Bonchev–Trinajstić information content (AvgIpc) is 2.51. The van der Waals surface area contributed by atoms with Crippen molar-refractivity contribution in [3.8, 4) is 0 Å². The SMILES string of the molecule is CB1OC2(CCC2)c2ccc(C(C)C)cc21. The highest BCUT2D eigenvalue weighted by molar-refractivity contribution is 6.67. The van der Waals surface area contributed by atoms with E-state index in [2.05, 4.69) is 38.9 Å². The molecule has 0 saturated heterocycles. The van der Waals surface area contributed by atoms with Crippen LogP contribution in [0.3, 0.4) is 0 Å². The second-order valence-corrected chi connectivity index (χ2v) is 5.61. The standard InChI is InChI=1S/C14H19BO/c1-10(2)11-5-6-12-13(9-11)15(3)16-14(12)7-4-8-14/h5-6,9-10H,4,7-8H2,1-3H3. The topological polar surface area (TPSA) is 9.23 Å². The second kappa shape index (κ2) is 3.37. The minimum atomic E-state index is 0.101. The molecule has 84 valence electrons. The molecule has 1 aromatic rings. The van der Waals surface area contributed by atoms with Gasteiger partial charge in [-0.05, 0) is 41.8 Å². The van der Waals surface area contributed by atoms with Crippen molar-refractivity contribution in [2.75, 3.05) is 0 Å². The third-order valence-electron chi connectivity index (χ3n) is 4.23. The molecule has 1 saturated carbocycles. The summed E-state index contributed by atoms with van der Waals surface area (Å²) in [6.45, 7) is 6.98. The second-order valence-electron chi connectivity index (χ2n) is 5.61. The predicted molar refractivity (Wildman–Crippen MR) is 68.4 cm³/mol. The van der Waals surface area contributed by atoms with Crippen LogP contribution in [0, 0.1) is 0 Å². The summed E-state index contributed by atoms with van der Waals surface area (Å²) in [7, 11) is 0. The predicted octanol–water partition coefficient (Wildman–Crippen LogP) is 3.05. The summed E-state index contributed by atoms with van der Waals surface area (Å²) in [4.78, 5) is 0. The van der Waals surface area contributed by atoms with Gasteiger partial charge in [0, 0.05) is 0 Å². The van der Waals surface area contributed by atoms with E-state index < -0.39 is 0 Å². The molecule has 1 aliphatic heterocycles. The molecule has 0 bridgehead atoms. The van der Waals surface area contributed by atoms with Gasteiger partial charge in [-0.2, -0.15) is 0 Å². The molecule has 16 heavy (non-hydrogen) atoms. The lowest BCUT2D eigenvalue weighted by molar-refractivity contribution is -0.00285. The summed E-state index contributed by atoms with van der Waals surface area (Å²) in [5.41, 5.74) is 4.44. The maximum Gasteiger partial charge on any atom is 0.325 e. The van der Waals surface area contributed by atoms with E-state index in [4.69, 9.17) is 4.65 Å². The van der Waals surface area contributed by atoms with Crippen LogP contribution in [0.25, 0.3) is 0 Å². The minimum absolute atomic E-state index is 0.101. The van der Waals surface area contributed by atoms with Gasteiger partial charge in [-0.25, -0.2) is 0 Å². The zero-order valence-corrected chi connectivity index (χ0v) is 10.4. The normalized spacial score (nSPS) is 21.4. The Kier molecular flexibility index (Phi) is 2.19. The molecule has 1 aromatic carbocycles. The van der Waals surface area contributed by atoms with Gasteiger partial charge in [-0.1, -0.05) is 38.9 Å². The Morgan fingerprint density at radius 2 is 2.06 bits per heavy atom. The van der Waals surface area contributed by atoms with Gasteiger partial charge in [0.1, 0.15) is 0 Å². The molecule has 1 aliphatic carbocycles. The molecule has 1 fully saturated rings. The highest BCUT2D eigenvalue weighted by Gasteiger charge is 2.48. The lowest BCUT2D eigenvalue weighted by atomic mass is 9.63. The van der Waals surface area contributed by atoms with Crippen LogP contribution in [0.4, 0.5) is 0 Å². The van der Waals surface area contributed by atoms with E-state index in [1.54, 1.807) is 0 Å². The molecule has 1 spiro atoms. The summed E-state index contributed by atoms with van der Waals surface area (Å²) in [6.07, 6.45) is 3.74. The molecule has 0 amide bonds. The molecular formula is C14H19BO. The number of hydrogen-bond acceptors (Lipinski definition) is 1. The molecule has 1 nitrogen and oxygen atoms in total. The van der Waals surface area contributed by atoms with E-state index >= 15 is 0 Å². The largest absolute Gasteiger partial charge is 0.422 e. The third-order valence-corrected chi connectivity index (χ3v) is 4.23. The Morgan fingerprint density at radius 1 is 1.31 bits per heavy atom. The first kappa shape index (κ1) is 10.4. The van der Waals surface area contributed by atoms with Gasteiger partial charge in [0.2, 0.25) is 0 Å². The molecule has 0 N–H and O–H groups in total. The van der Waals surface area contributed by atoms with Crippen LogP contribution < -0.4 is 5.46 Å². The van der Waals surface area contributed by atoms with Gasteiger partial charge in [0.25, 0.3) is 0 Å². The highest BCUT2D eigenvalue weighted by Crippen LogP contribution is 2.47. The van der Waals surface area contributed by atoms with Crippen LogP contribution in [0.5, 0.6) is 0 Å². The minimum Gasteiger partial charge on any atom is -0.422 e. The lowest BCUT2D eigenvalue weighted by Crippen LogP contribution is -2.35. The summed E-state index contributed by atoms with van der Waals surface area (Å²) >= 11 is 0. The van der Waals surface area contributed by atoms with E-state index in [0.717, 1.165) is 0 Å². The van der Waals surface area contributed by atoms with E-state index in [9.17, 15) is 0 Å². The van der Waals surface area contributed by atoms with Crippen molar-refractivity contribution in [2.24, 2.45) is 0 Å². The monoisotopic (exact) mass is 214 g/mol. The number of fused-ring (bicyclic) bond motifs is 2. The molecule has 0 radical (unpaired) electrons. The van der Waals surface area contributed by atoms with Crippen molar-refractivity contribution in [3.63, 3.8) is 0 Å². The summed E-state index contributed by atoms with van der Waals surface area (Å²) in [5.74, 6) is 0.607. The van der Waals surface area contributed by atoms with Crippen LogP contribution in [-0.2, 0) is 10.3 Å². The summed E-state index contributed by atoms with van der Waals surface area (Å²) < 4.78 is 6.19. The number of benzene rings is 1. The van der Waals surface area contributed by atoms with E-state index in [1.807, 2.05) is 0 Å². The van der Waals surface area contributed by atoms with Crippen LogP contribution >= 0.6 is 0 Å². The first-order valence-electron chi connectivity index (χ1n) is 6.44. The Morgan fingerprint density at radius 3 is 2.62 bits per heavy atom. The quantitative estimate of drug-likeness (QED) is 0.653. The van der Waals surface area contributed by atoms with E-state index in [0.29, 0.717) is 5.92 Å². The first-order chi connectivity index (χ1) is 7.62. The van der Waals surface area contributed by atoms with E-state index in [-0.39, 0.29) is 12.5 Å². The zero-order chi connectivity index (χ0) is 11.3. The molecule has 0 unspecified atom stereocenters. The fraction of sp³-hybridized carbons (Fsp3) is 0.571. The van der Waals surface area contributed by atoms with Gasteiger partial charge in [0.15, 0.2) is 0 Å². The molecule has 0 atom stereocenters. The molecule has 2 heteroatoms. The molecule has 0 aromatic heterocycles. The average molecular weight is 214 g/mol. The first-order valence-corrected chi connectivity index (χ1v) is 6.44. The van der Waals surface area contributed by atoms with Crippen LogP contribution in [0.1, 0.15) is 50.2 Å². The smallest absolute Gasteiger partial charge is 0.325 e. The summed E-state index contributed by atoms with van der Waals surface area (Å²) in [5, 5.41) is 0. The molecule has 2 aliphatic rings. The third kappa shape index (κ3) is 1.29.